The van der Waals surface area contributed by atoms with Crippen molar-refractivity contribution in [2.24, 2.45) is 0 Å². The Bertz CT molecular complexity index is 2020. The predicted octanol–water partition coefficient (Wildman–Crippen LogP) is 7.78. The van der Waals surface area contributed by atoms with E-state index in [9.17, 15) is 0 Å². The SMILES string of the molecule is [2H]C([2H])([2H])c1ccc2c(c1)nc1n(-c3cccc(-c4cccc(-c5ccccc5)n4)c3)c3ccc(C)cc3n21. The first kappa shape index (κ1) is 17.7. The van der Waals surface area contributed by atoms with Gasteiger partial charge < -0.3 is 0 Å². The van der Waals surface area contributed by atoms with Crippen LogP contribution in [0.4, 0.5) is 0 Å². The van der Waals surface area contributed by atoms with Crippen molar-refractivity contribution in [3.05, 3.63) is 120 Å². The summed E-state index contributed by atoms with van der Waals surface area (Å²) in [4.78, 5) is 9.91. The summed E-state index contributed by atoms with van der Waals surface area (Å²) in [5.41, 5.74) is 9.83. The zero-order valence-electron chi connectivity index (χ0n) is 22.7. The summed E-state index contributed by atoms with van der Waals surface area (Å²) in [6.45, 7) is -0.119. The van der Waals surface area contributed by atoms with Crippen LogP contribution < -0.4 is 0 Å². The molecule has 172 valence electrons. The van der Waals surface area contributed by atoms with Gasteiger partial charge in [-0.1, -0.05) is 60.7 Å². The van der Waals surface area contributed by atoms with Crippen molar-refractivity contribution in [3.63, 3.8) is 0 Å². The Kier molecular flexibility index (Phi) is 3.89. The van der Waals surface area contributed by atoms with Gasteiger partial charge in [-0.3, -0.25) is 8.97 Å². The first-order valence-corrected chi connectivity index (χ1v) is 11.9. The molecule has 7 rings (SSSR count). The Hall–Kier alpha value is -4.70. The van der Waals surface area contributed by atoms with E-state index in [2.05, 4.69) is 64.4 Å². The van der Waals surface area contributed by atoms with Crippen molar-refractivity contribution >= 4 is 27.8 Å². The molecule has 4 nitrogen and oxygen atoms in total. The van der Waals surface area contributed by atoms with Crippen LogP contribution in [0.25, 0.3) is 56.0 Å². The first-order chi connectivity index (χ1) is 18.9. The molecule has 0 bridgehead atoms. The molecular weight excluding hydrogens is 440 g/mol. The average Bonchev–Trinajstić information content (AvgIpc) is 3.47. The van der Waals surface area contributed by atoms with Crippen molar-refractivity contribution in [3.8, 4) is 28.2 Å². The number of pyridine rings is 1. The van der Waals surface area contributed by atoms with Gasteiger partial charge in [0.25, 0.3) is 0 Å². The number of hydrogen-bond acceptors (Lipinski definition) is 2. The molecule has 36 heavy (non-hydrogen) atoms. The van der Waals surface area contributed by atoms with E-state index in [1.807, 2.05) is 48.5 Å². The van der Waals surface area contributed by atoms with E-state index in [1.54, 1.807) is 12.1 Å². The number of nitrogens with zero attached hydrogens (tertiary/aromatic N) is 4. The van der Waals surface area contributed by atoms with Gasteiger partial charge in [-0.15, -0.1) is 0 Å². The number of hydrogen-bond donors (Lipinski definition) is 0. The third-order valence-electron chi connectivity index (χ3n) is 6.67. The molecule has 4 aromatic carbocycles. The standard InChI is InChI=1S/C32H24N4/c1-21-14-16-29-28(18-21)34-32-35(30-17-15-22(2)19-31(30)36(29)32)25-11-6-10-24(20-25)27-13-7-12-26(33-27)23-8-4-3-5-9-23/h3-20H,1-2H3/i1D3. The van der Waals surface area contributed by atoms with Gasteiger partial charge in [-0.05, 0) is 73.4 Å². The minimum atomic E-state index is -2.19. The summed E-state index contributed by atoms with van der Waals surface area (Å²) < 4.78 is 27.8. The van der Waals surface area contributed by atoms with Gasteiger partial charge in [-0.25, -0.2) is 9.97 Å². The summed E-state index contributed by atoms with van der Waals surface area (Å²) in [6.07, 6.45) is 0. The van der Waals surface area contributed by atoms with Crippen LogP contribution in [0.1, 0.15) is 15.2 Å². The van der Waals surface area contributed by atoms with Crippen LogP contribution in [0.2, 0.25) is 0 Å². The minimum Gasteiger partial charge on any atom is -0.278 e. The molecule has 0 atom stereocenters. The molecule has 3 aromatic heterocycles. The summed E-state index contributed by atoms with van der Waals surface area (Å²) in [6, 6.07) is 36.1. The zero-order chi connectivity index (χ0) is 26.7. The molecule has 4 heteroatoms. The van der Waals surface area contributed by atoms with Crippen molar-refractivity contribution in [2.75, 3.05) is 0 Å². The van der Waals surface area contributed by atoms with E-state index < -0.39 is 6.85 Å². The molecule has 0 fully saturated rings. The van der Waals surface area contributed by atoms with Crippen molar-refractivity contribution in [2.45, 2.75) is 13.8 Å². The van der Waals surface area contributed by atoms with Gasteiger partial charge in [0.2, 0.25) is 5.78 Å². The fourth-order valence-electron chi connectivity index (χ4n) is 4.99. The van der Waals surface area contributed by atoms with Gasteiger partial charge in [0, 0.05) is 20.9 Å². The largest absolute Gasteiger partial charge is 0.278 e. The van der Waals surface area contributed by atoms with Crippen LogP contribution in [0.15, 0.2) is 109 Å². The van der Waals surface area contributed by atoms with Gasteiger partial charge in [0.05, 0.1) is 33.5 Å². The van der Waals surface area contributed by atoms with E-state index in [0.29, 0.717) is 5.52 Å². The molecule has 7 aromatic rings. The molecule has 0 spiro atoms. The Morgan fingerprint density at radius 2 is 1.36 bits per heavy atom. The van der Waals surface area contributed by atoms with Crippen LogP contribution in [-0.4, -0.2) is 18.9 Å². The van der Waals surface area contributed by atoms with Crippen LogP contribution in [0.5, 0.6) is 0 Å². The molecule has 0 saturated carbocycles. The second kappa shape index (κ2) is 7.92. The van der Waals surface area contributed by atoms with Crippen LogP contribution in [0, 0.1) is 13.8 Å². The van der Waals surface area contributed by atoms with Crippen molar-refractivity contribution < 1.29 is 4.11 Å². The highest BCUT2D eigenvalue weighted by Gasteiger charge is 2.18. The van der Waals surface area contributed by atoms with E-state index in [4.69, 9.17) is 14.1 Å². The summed E-state index contributed by atoms with van der Waals surface area (Å²) >= 11 is 0. The second-order valence-corrected chi connectivity index (χ2v) is 9.10. The average molecular weight is 468 g/mol. The van der Waals surface area contributed by atoms with Gasteiger partial charge in [-0.2, -0.15) is 0 Å². The third kappa shape index (κ3) is 3.23. The number of benzene rings is 4. The maximum atomic E-state index is 7.84. The van der Waals surface area contributed by atoms with Gasteiger partial charge in [0.15, 0.2) is 0 Å². The maximum absolute atomic E-state index is 7.84. The molecule has 0 aliphatic rings. The maximum Gasteiger partial charge on any atom is 0.220 e. The van der Waals surface area contributed by atoms with Crippen LogP contribution in [0.3, 0.4) is 0 Å². The molecular formula is C32H24N4. The Labute approximate surface area is 213 Å². The van der Waals surface area contributed by atoms with Gasteiger partial charge >= 0.3 is 0 Å². The Balaban J connectivity index is 1.44. The van der Waals surface area contributed by atoms with Crippen molar-refractivity contribution in [1.82, 2.24) is 18.9 Å². The number of fused-ring (bicyclic) bond motifs is 5. The number of rotatable bonds is 3. The summed E-state index contributed by atoms with van der Waals surface area (Å²) in [5, 5.41) is 0. The molecule has 0 unspecified atom stereocenters. The normalized spacial score (nSPS) is 13.2. The van der Waals surface area contributed by atoms with Gasteiger partial charge in [0.1, 0.15) is 0 Å². The molecule has 0 amide bonds. The lowest BCUT2D eigenvalue weighted by Crippen LogP contribution is -1.96. The number of aromatic nitrogens is 4. The third-order valence-corrected chi connectivity index (χ3v) is 6.67. The lowest BCUT2D eigenvalue weighted by molar-refractivity contribution is 1.11. The Morgan fingerprint density at radius 3 is 2.22 bits per heavy atom. The highest BCUT2D eigenvalue weighted by Crippen LogP contribution is 2.32. The van der Waals surface area contributed by atoms with E-state index in [1.165, 1.54) is 0 Å². The molecule has 3 heterocycles. The smallest absolute Gasteiger partial charge is 0.220 e. The topological polar surface area (TPSA) is 35.1 Å². The Morgan fingerprint density at radius 1 is 0.611 bits per heavy atom. The quantitative estimate of drug-likeness (QED) is 0.266. The molecule has 0 aliphatic heterocycles. The van der Waals surface area contributed by atoms with Crippen LogP contribution >= 0.6 is 0 Å². The monoisotopic (exact) mass is 467 g/mol. The summed E-state index contributed by atoms with van der Waals surface area (Å²) in [5.74, 6) is 0.733. The molecule has 0 radical (unpaired) electrons. The number of imidazole rings is 2. The van der Waals surface area contributed by atoms with E-state index in [-0.39, 0.29) is 5.56 Å². The highest BCUT2D eigenvalue weighted by molar-refractivity contribution is 5.92. The van der Waals surface area contributed by atoms with E-state index in [0.717, 1.165) is 56.1 Å². The minimum absolute atomic E-state index is 0.286. The fraction of sp³-hybridized carbons (Fsp3) is 0.0625. The van der Waals surface area contributed by atoms with E-state index >= 15 is 0 Å². The molecule has 0 aliphatic carbocycles. The lowest BCUT2D eigenvalue weighted by atomic mass is 10.1. The fourth-order valence-corrected chi connectivity index (χ4v) is 4.99. The van der Waals surface area contributed by atoms with Crippen molar-refractivity contribution in [1.29, 1.82) is 0 Å². The zero-order valence-corrected chi connectivity index (χ0v) is 19.7. The second-order valence-electron chi connectivity index (χ2n) is 9.10. The highest BCUT2D eigenvalue weighted by atomic mass is 15.2. The summed E-state index contributed by atoms with van der Waals surface area (Å²) in [7, 11) is 0. The number of aryl methyl sites for hydroxylation is 2. The molecule has 0 saturated heterocycles. The molecule has 0 N–H and O–H groups in total. The lowest BCUT2D eigenvalue weighted by Gasteiger charge is -2.09. The first-order valence-electron chi connectivity index (χ1n) is 13.4. The van der Waals surface area contributed by atoms with Crippen LogP contribution in [-0.2, 0) is 0 Å². The predicted molar refractivity (Wildman–Crippen MR) is 148 cm³/mol.